The summed E-state index contributed by atoms with van der Waals surface area (Å²) in [5, 5.41) is 11.5. The number of aromatic hydroxyl groups is 1. The number of methoxy groups -OCH3 is 1. The van der Waals surface area contributed by atoms with Gasteiger partial charge in [-0.3, -0.25) is 29.0 Å². The molecule has 12 heteroatoms. The Balaban J connectivity index is 1.06. The molecule has 2 aliphatic carbocycles. The van der Waals surface area contributed by atoms with E-state index in [1.54, 1.807) is 30.3 Å². The van der Waals surface area contributed by atoms with Crippen molar-refractivity contribution in [2.45, 2.75) is 18.8 Å². The van der Waals surface area contributed by atoms with Crippen LogP contribution in [-0.4, -0.2) is 88.5 Å². The quantitative estimate of drug-likeness (QED) is 0.294. The van der Waals surface area contributed by atoms with E-state index >= 15 is 0 Å². The van der Waals surface area contributed by atoms with Crippen molar-refractivity contribution in [1.82, 2.24) is 0 Å². The highest BCUT2D eigenvalue weighted by Gasteiger charge is 2.62. The molecule has 274 valence electrons. The Bertz CT molecular complexity index is 1990. The number of phenols is 1. The number of fused-ring (bicyclic) bond motifs is 4. The molecule has 4 heterocycles. The summed E-state index contributed by atoms with van der Waals surface area (Å²) in [6.07, 6.45) is 2.55. The maximum Gasteiger partial charge on any atom is 0.238 e. The van der Waals surface area contributed by atoms with Crippen molar-refractivity contribution in [1.29, 1.82) is 0 Å². The number of anilines is 4. The number of amides is 4. The number of ether oxygens (including phenoxy) is 3. The summed E-state index contributed by atoms with van der Waals surface area (Å²) in [6.45, 7) is 5.62. The minimum absolute atomic E-state index is 0.105. The fourth-order valence-corrected chi connectivity index (χ4v) is 9.67. The molecule has 5 fully saturated rings. The second kappa shape index (κ2) is 13.3. The summed E-state index contributed by atoms with van der Waals surface area (Å²) < 4.78 is 16.5. The molecule has 0 radical (unpaired) electrons. The molecule has 4 aliphatic heterocycles. The lowest BCUT2D eigenvalue weighted by Gasteiger charge is -2.44. The largest absolute Gasteiger partial charge is 0.504 e. The smallest absolute Gasteiger partial charge is 0.238 e. The van der Waals surface area contributed by atoms with E-state index in [2.05, 4.69) is 9.80 Å². The number of morpholine rings is 2. The van der Waals surface area contributed by atoms with Crippen LogP contribution in [0, 0.1) is 29.6 Å². The van der Waals surface area contributed by atoms with E-state index in [0.29, 0.717) is 49.8 Å². The Labute approximate surface area is 307 Å². The molecule has 0 aromatic heterocycles. The van der Waals surface area contributed by atoms with E-state index in [1.807, 2.05) is 42.5 Å². The molecule has 6 unspecified atom stereocenters. The van der Waals surface area contributed by atoms with Crippen LogP contribution in [0.5, 0.6) is 11.5 Å². The Morgan fingerprint density at radius 2 is 1.13 bits per heavy atom. The van der Waals surface area contributed by atoms with Crippen LogP contribution in [0.25, 0.3) is 0 Å². The molecular formula is C41H42N4O8. The predicted octanol–water partition coefficient (Wildman–Crippen LogP) is 4.12. The molecule has 4 amide bonds. The van der Waals surface area contributed by atoms with E-state index in [0.717, 1.165) is 43.1 Å². The third-order valence-corrected chi connectivity index (χ3v) is 12.2. The van der Waals surface area contributed by atoms with Gasteiger partial charge in [0.1, 0.15) is 0 Å². The molecule has 0 bridgehead atoms. The second-order valence-corrected chi connectivity index (χ2v) is 14.7. The van der Waals surface area contributed by atoms with Gasteiger partial charge in [-0.25, -0.2) is 0 Å². The number of benzene rings is 3. The normalized spacial score (nSPS) is 28.5. The van der Waals surface area contributed by atoms with E-state index in [9.17, 15) is 24.3 Å². The first-order chi connectivity index (χ1) is 25.9. The van der Waals surface area contributed by atoms with Gasteiger partial charge in [0.25, 0.3) is 0 Å². The molecule has 9 rings (SSSR count). The number of nitrogens with zero attached hydrogens (tertiary/aromatic N) is 4. The molecule has 3 aromatic rings. The van der Waals surface area contributed by atoms with Crippen LogP contribution in [-0.2, 0) is 28.7 Å². The topological polar surface area (TPSA) is 129 Å². The molecule has 3 aromatic carbocycles. The molecule has 4 saturated heterocycles. The lowest BCUT2D eigenvalue weighted by atomic mass is 9.57. The molecule has 0 spiro atoms. The summed E-state index contributed by atoms with van der Waals surface area (Å²) in [6, 6.07) is 20.1. The minimum Gasteiger partial charge on any atom is -0.504 e. The third-order valence-electron chi connectivity index (χ3n) is 12.2. The fraction of sp³-hybridized carbons (Fsp3) is 0.415. The van der Waals surface area contributed by atoms with Gasteiger partial charge in [-0.2, -0.15) is 0 Å². The van der Waals surface area contributed by atoms with Crippen LogP contribution in [0.15, 0.2) is 78.4 Å². The van der Waals surface area contributed by atoms with Crippen molar-refractivity contribution >= 4 is 46.4 Å². The SMILES string of the molecule is COc1cccc(C2C3=CCC4C(=O)N(c5ccc(N6CCOCC6)cc5)C(=O)C4C3CC3C(=O)N(c4ccc(N5CCOCC5)cc4)C(=O)C32)c1O. The zero-order valence-corrected chi connectivity index (χ0v) is 29.6. The summed E-state index contributed by atoms with van der Waals surface area (Å²) in [5.74, 6) is -5.14. The van der Waals surface area contributed by atoms with Gasteiger partial charge in [0.15, 0.2) is 11.5 Å². The first-order valence-electron chi connectivity index (χ1n) is 18.5. The molecule has 6 aliphatic rings. The number of carbonyl (C=O) groups is 4. The minimum atomic E-state index is -0.811. The lowest BCUT2D eigenvalue weighted by Crippen LogP contribution is -2.43. The average molecular weight is 719 g/mol. The number of rotatable bonds is 6. The maximum absolute atomic E-state index is 14.6. The first kappa shape index (κ1) is 33.6. The average Bonchev–Trinajstić information content (AvgIpc) is 3.61. The lowest BCUT2D eigenvalue weighted by molar-refractivity contribution is -0.126. The van der Waals surface area contributed by atoms with Crippen molar-refractivity contribution in [3.63, 3.8) is 0 Å². The predicted molar refractivity (Wildman–Crippen MR) is 196 cm³/mol. The molecule has 6 atom stereocenters. The summed E-state index contributed by atoms with van der Waals surface area (Å²) in [7, 11) is 1.47. The van der Waals surface area contributed by atoms with Gasteiger partial charge in [0.2, 0.25) is 23.6 Å². The van der Waals surface area contributed by atoms with E-state index in [-0.39, 0.29) is 41.5 Å². The first-order valence-corrected chi connectivity index (χ1v) is 18.5. The van der Waals surface area contributed by atoms with E-state index < -0.39 is 35.5 Å². The Kier molecular flexibility index (Phi) is 8.46. The van der Waals surface area contributed by atoms with Crippen LogP contribution >= 0.6 is 0 Å². The summed E-state index contributed by atoms with van der Waals surface area (Å²) >= 11 is 0. The number of allylic oxidation sites excluding steroid dienone is 2. The monoisotopic (exact) mass is 718 g/mol. The Hall–Kier alpha value is -5.20. The molecule has 1 N–H and O–H groups in total. The van der Waals surface area contributed by atoms with Crippen molar-refractivity contribution in [2.75, 3.05) is 79.3 Å². The van der Waals surface area contributed by atoms with Gasteiger partial charge < -0.3 is 29.1 Å². The zero-order chi connectivity index (χ0) is 36.4. The number of imide groups is 2. The van der Waals surface area contributed by atoms with Gasteiger partial charge in [-0.1, -0.05) is 23.8 Å². The number of hydrogen-bond donors (Lipinski definition) is 1. The Morgan fingerprint density at radius 1 is 0.623 bits per heavy atom. The highest BCUT2D eigenvalue weighted by Crippen LogP contribution is 2.60. The number of para-hydroxylation sites is 1. The van der Waals surface area contributed by atoms with Crippen molar-refractivity contribution in [3.05, 3.63) is 83.9 Å². The van der Waals surface area contributed by atoms with Crippen LogP contribution < -0.4 is 24.3 Å². The number of hydrogen-bond acceptors (Lipinski definition) is 10. The van der Waals surface area contributed by atoms with Crippen molar-refractivity contribution in [2.24, 2.45) is 29.6 Å². The van der Waals surface area contributed by atoms with Gasteiger partial charge in [-0.05, 0) is 73.4 Å². The fourth-order valence-electron chi connectivity index (χ4n) is 9.67. The highest BCUT2D eigenvalue weighted by atomic mass is 16.5. The van der Waals surface area contributed by atoms with Crippen LogP contribution in [0.2, 0.25) is 0 Å². The maximum atomic E-state index is 14.6. The van der Waals surface area contributed by atoms with Crippen LogP contribution in [0.3, 0.4) is 0 Å². The standard InChI is InChI=1S/C41H42N4O8/c1-51-33-4-2-3-29(37(33)46)34-28-13-14-30-35(40(49)44(38(30)47)26-9-5-24(6-10-26)42-15-19-52-20-16-42)31(28)23-32-36(34)41(50)45(39(32)48)27-11-7-25(8-12-27)43-17-21-53-22-18-43/h2-13,30-32,34-36,46H,14-23H2,1H3. The third kappa shape index (κ3) is 5.41. The Morgan fingerprint density at radius 3 is 1.68 bits per heavy atom. The molecular weight excluding hydrogens is 676 g/mol. The van der Waals surface area contributed by atoms with Gasteiger partial charge in [0.05, 0.1) is 68.6 Å². The number of carbonyl (C=O) groups excluding carboxylic acids is 4. The second-order valence-electron chi connectivity index (χ2n) is 14.7. The van der Waals surface area contributed by atoms with Crippen molar-refractivity contribution in [3.8, 4) is 11.5 Å². The van der Waals surface area contributed by atoms with E-state index in [4.69, 9.17) is 14.2 Å². The zero-order valence-electron chi connectivity index (χ0n) is 29.6. The molecule has 12 nitrogen and oxygen atoms in total. The highest BCUT2D eigenvalue weighted by molar-refractivity contribution is 6.24. The van der Waals surface area contributed by atoms with Gasteiger partial charge >= 0.3 is 0 Å². The molecule has 53 heavy (non-hydrogen) atoms. The summed E-state index contributed by atoms with van der Waals surface area (Å²) in [5.41, 5.74) is 4.26. The van der Waals surface area contributed by atoms with Gasteiger partial charge in [0, 0.05) is 49.0 Å². The van der Waals surface area contributed by atoms with Gasteiger partial charge in [-0.15, -0.1) is 0 Å². The summed E-state index contributed by atoms with van der Waals surface area (Å²) in [4.78, 5) is 64.6. The van der Waals surface area contributed by atoms with Crippen molar-refractivity contribution < 1.29 is 38.5 Å². The van der Waals surface area contributed by atoms with Crippen LogP contribution in [0.1, 0.15) is 24.3 Å². The molecule has 1 saturated carbocycles. The number of phenolic OH excluding ortho intramolecular Hbond substituents is 1. The van der Waals surface area contributed by atoms with Crippen LogP contribution in [0.4, 0.5) is 22.7 Å². The van der Waals surface area contributed by atoms with E-state index in [1.165, 1.54) is 16.9 Å².